The second-order valence-electron chi connectivity index (χ2n) is 7.33. The molecule has 0 N–H and O–H groups in total. The van der Waals surface area contributed by atoms with E-state index in [0.29, 0.717) is 11.3 Å². The summed E-state index contributed by atoms with van der Waals surface area (Å²) in [7, 11) is 0. The lowest BCUT2D eigenvalue weighted by molar-refractivity contribution is -0.150. The average molecular weight is 434 g/mol. The maximum absolute atomic E-state index is 14.1. The number of halogens is 3. The smallest absolute Gasteiger partial charge is 0.328 e. The zero-order valence-corrected chi connectivity index (χ0v) is 17.3. The van der Waals surface area contributed by atoms with Crippen LogP contribution < -0.4 is 4.74 Å². The van der Waals surface area contributed by atoms with E-state index in [4.69, 9.17) is 32.7 Å². The van der Waals surface area contributed by atoms with Gasteiger partial charge in [0.25, 0.3) is 0 Å². The van der Waals surface area contributed by atoms with Gasteiger partial charge in [-0.15, -0.1) is 0 Å². The normalized spacial score (nSPS) is 21.6. The standard InChI is InChI=1S/C22H18Cl2FNO3/c1-21(2)18(11-19(23)24)22(21,13-26)20(27)28-12-14-8-9-16(25)17(10-14)29-15-6-4-3-5-7-15/h3-11,18H,12H2,1-2H3/t18-,22-/m0/s1. The molecule has 3 rings (SSSR count). The number of ether oxygens (including phenoxy) is 2. The molecule has 1 fully saturated rings. The fraction of sp³-hybridized carbons (Fsp3) is 0.273. The summed E-state index contributed by atoms with van der Waals surface area (Å²) in [4.78, 5) is 12.7. The van der Waals surface area contributed by atoms with E-state index in [-0.39, 0.29) is 16.8 Å². The van der Waals surface area contributed by atoms with Crippen molar-refractivity contribution in [2.24, 2.45) is 16.7 Å². The molecule has 150 valence electrons. The van der Waals surface area contributed by atoms with Gasteiger partial charge in [0, 0.05) is 11.3 Å². The molecule has 0 bridgehead atoms. The Bertz CT molecular complexity index is 997. The van der Waals surface area contributed by atoms with Crippen molar-refractivity contribution in [1.29, 1.82) is 5.26 Å². The van der Waals surface area contributed by atoms with Crippen molar-refractivity contribution in [2.75, 3.05) is 0 Å². The Morgan fingerprint density at radius 1 is 1.24 bits per heavy atom. The maximum Gasteiger partial charge on any atom is 0.328 e. The van der Waals surface area contributed by atoms with Gasteiger partial charge in [-0.1, -0.05) is 61.3 Å². The van der Waals surface area contributed by atoms with Crippen molar-refractivity contribution in [3.8, 4) is 17.6 Å². The third-order valence-electron chi connectivity index (χ3n) is 5.30. The van der Waals surface area contributed by atoms with Crippen LogP contribution in [0.1, 0.15) is 19.4 Å². The van der Waals surface area contributed by atoms with Gasteiger partial charge in [-0.3, -0.25) is 4.79 Å². The molecule has 0 radical (unpaired) electrons. The van der Waals surface area contributed by atoms with Crippen molar-refractivity contribution in [1.82, 2.24) is 0 Å². The summed E-state index contributed by atoms with van der Waals surface area (Å²) in [6.45, 7) is 3.42. The number of allylic oxidation sites excluding steroid dienone is 1. The van der Waals surface area contributed by atoms with Crippen molar-refractivity contribution in [3.63, 3.8) is 0 Å². The van der Waals surface area contributed by atoms with Crippen LogP contribution in [0.25, 0.3) is 0 Å². The molecule has 7 heteroatoms. The van der Waals surface area contributed by atoms with E-state index in [9.17, 15) is 14.4 Å². The number of carbonyl (C=O) groups is 1. The summed E-state index contributed by atoms with van der Waals surface area (Å²) >= 11 is 11.4. The van der Waals surface area contributed by atoms with Crippen LogP contribution in [0.2, 0.25) is 0 Å². The average Bonchev–Trinajstić information content (AvgIpc) is 3.16. The van der Waals surface area contributed by atoms with E-state index in [2.05, 4.69) is 6.07 Å². The molecule has 1 aliphatic rings. The second kappa shape index (κ2) is 8.06. The second-order valence-corrected chi connectivity index (χ2v) is 8.34. The van der Waals surface area contributed by atoms with E-state index in [1.54, 1.807) is 38.1 Å². The molecule has 0 aliphatic heterocycles. The minimum Gasteiger partial charge on any atom is -0.460 e. The SMILES string of the molecule is CC1(C)[C@H](C=C(Cl)Cl)[C@@]1(C#N)C(=O)OCc1ccc(F)c(Oc2ccccc2)c1. The highest BCUT2D eigenvalue weighted by Crippen LogP contribution is 2.70. The summed E-state index contributed by atoms with van der Waals surface area (Å²) in [6.07, 6.45) is 1.48. The minimum atomic E-state index is -1.37. The van der Waals surface area contributed by atoms with E-state index in [0.717, 1.165) is 0 Å². The summed E-state index contributed by atoms with van der Waals surface area (Å²) in [5, 5.41) is 9.65. The molecule has 0 saturated heterocycles. The van der Waals surface area contributed by atoms with Crippen molar-refractivity contribution in [3.05, 3.63) is 70.5 Å². The van der Waals surface area contributed by atoms with Crippen LogP contribution in [-0.2, 0) is 16.1 Å². The first-order chi connectivity index (χ1) is 13.7. The van der Waals surface area contributed by atoms with Crippen molar-refractivity contribution < 1.29 is 18.7 Å². The molecule has 0 heterocycles. The first kappa shape index (κ1) is 21.2. The summed E-state index contributed by atoms with van der Waals surface area (Å²) in [5.74, 6) is -1.17. The highest BCUT2D eigenvalue weighted by Gasteiger charge is 2.77. The van der Waals surface area contributed by atoms with E-state index in [1.165, 1.54) is 24.3 Å². The van der Waals surface area contributed by atoms with Crippen LogP contribution in [0.15, 0.2) is 59.1 Å². The van der Waals surface area contributed by atoms with Crippen LogP contribution in [0.3, 0.4) is 0 Å². The number of carbonyl (C=O) groups excluding carboxylic acids is 1. The topological polar surface area (TPSA) is 59.3 Å². The first-order valence-corrected chi connectivity index (χ1v) is 9.60. The molecule has 1 aliphatic carbocycles. The Morgan fingerprint density at radius 3 is 2.55 bits per heavy atom. The summed E-state index contributed by atoms with van der Waals surface area (Å²) < 4.78 is 25.0. The van der Waals surface area contributed by atoms with Crippen molar-refractivity contribution in [2.45, 2.75) is 20.5 Å². The molecule has 29 heavy (non-hydrogen) atoms. The Labute approximate surface area is 178 Å². The molecule has 2 aromatic rings. The first-order valence-electron chi connectivity index (χ1n) is 8.85. The third-order valence-corrected chi connectivity index (χ3v) is 5.56. The molecule has 0 amide bonds. The van der Waals surface area contributed by atoms with E-state index < -0.39 is 28.5 Å². The molecular formula is C22H18Cl2FNO3. The Kier molecular flexibility index (Phi) is 5.88. The minimum absolute atomic E-state index is 0.00534. The van der Waals surface area contributed by atoms with Gasteiger partial charge < -0.3 is 9.47 Å². The number of para-hydroxylation sites is 1. The zero-order valence-electron chi connectivity index (χ0n) is 15.8. The molecule has 0 spiro atoms. The highest BCUT2D eigenvalue weighted by atomic mass is 35.5. The van der Waals surface area contributed by atoms with Gasteiger partial charge in [-0.05, 0) is 35.9 Å². The third kappa shape index (κ3) is 3.96. The lowest BCUT2D eigenvalue weighted by atomic mass is 9.98. The molecule has 1 saturated carbocycles. The van der Waals surface area contributed by atoms with Crippen LogP contribution in [0.5, 0.6) is 11.5 Å². The fourth-order valence-corrected chi connectivity index (χ4v) is 3.76. The van der Waals surface area contributed by atoms with Crippen LogP contribution >= 0.6 is 23.2 Å². The molecule has 2 aromatic carbocycles. The predicted molar refractivity (Wildman–Crippen MR) is 108 cm³/mol. The number of nitrogens with zero attached hydrogens (tertiary/aromatic N) is 1. The van der Waals surface area contributed by atoms with Gasteiger partial charge in [0.1, 0.15) is 16.8 Å². The lowest BCUT2D eigenvalue weighted by Gasteiger charge is -2.13. The van der Waals surface area contributed by atoms with Gasteiger partial charge in [0.15, 0.2) is 17.0 Å². The summed E-state index contributed by atoms with van der Waals surface area (Å²) in [5.41, 5.74) is -1.51. The number of benzene rings is 2. The molecule has 2 atom stereocenters. The van der Waals surface area contributed by atoms with E-state index >= 15 is 0 Å². The number of esters is 1. The van der Waals surface area contributed by atoms with Gasteiger partial charge in [-0.2, -0.15) is 5.26 Å². The monoisotopic (exact) mass is 433 g/mol. The maximum atomic E-state index is 14.1. The number of rotatable bonds is 6. The zero-order chi connectivity index (χ0) is 21.2. The van der Waals surface area contributed by atoms with Gasteiger partial charge in [0.05, 0.1) is 6.07 Å². The van der Waals surface area contributed by atoms with Crippen LogP contribution in [0, 0.1) is 33.9 Å². The predicted octanol–water partition coefficient (Wildman–Crippen LogP) is 6.15. The largest absolute Gasteiger partial charge is 0.460 e. The number of nitriles is 1. The van der Waals surface area contributed by atoms with Crippen molar-refractivity contribution >= 4 is 29.2 Å². The van der Waals surface area contributed by atoms with E-state index in [1.807, 2.05) is 6.07 Å². The van der Waals surface area contributed by atoms with Gasteiger partial charge in [0.2, 0.25) is 0 Å². The van der Waals surface area contributed by atoms with Gasteiger partial charge in [-0.25, -0.2) is 4.39 Å². The Balaban J connectivity index is 1.73. The Morgan fingerprint density at radius 2 is 1.93 bits per heavy atom. The Hall–Kier alpha value is -2.55. The fourth-order valence-electron chi connectivity index (χ4n) is 3.51. The molecular weight excluding hydrogens is 416 g/mol. The van der Waals surface area contributed by atoms with Crippen LogP contribution in [-0.4, -0.2) is 5.97 Å². The van der Waals surface area contributed by atoms with Crippen LogP contribution in [0.4, 0.5) is 4.39 Å². The van der Waals surface area contributed by atoms with Gasteiger partial charge >= 0.3 is 5.97 Å². The summed E-state index contributed by atoms with van der Waals surface area (Å²) in [6, 6.07) is 15.0. The molecule has 0 unspecified atom stereocenters. The number of hydrogen-bond acceptors (Lipinski definition) is 4. The quantitative estimate of drug-likeness (QED) is 0.512. The highest BCUT2D eigenvalue weighted by molar-refractivity contribution is 6.55. The molecule has 4 nitrogen and oxygen atoms in total. The lowest BCUT2D eigenvalue weighted by Crippen LogP contribution is -2.23. The molecule has 0 aromatic heterocycles. The number of hydrogen-bond donors (Lipinski definition) is 0.